The van der Waals surface area contributed by atoms with Crippen LogP contribution in [0.1, 0.15) is 12.7 Å². The van der Waals surface area contributed by atoms with Gasteiger partial charge in [0.2, 0.25) is 0 Å². The predicted molar refractivity (Wildman–Crippen MR) is 77.4 cm³/mol. The largest absolute Gasteiger partial charge is 0.486 e. The predicted octanol–water partition coefficient (Wildman–Crippen LogP) is 2.16. The van der Waals surface area contributed by atoms with E-state index in [9.17, 15) is 4.79 Å². The zero-order valence-corrected chi connectivity index (χ0v) is 12.3. The number of carbonyl (C=O) groups excluding carboxylic acids is 1. The lowest BCUT2D eigenvalue weighted by Gasteiger charge is -2.20. The molecule has 1 atom stereocenters. The topological polar surface area (TPSA) is 82.8 Å². The lowest BCUT2D eigenvalue weighted by atomic mass is 10.2. The zero-order chi connectivity index (χ0) is 15.5. The molecule has 2 heterocycles. The number of aryl methyl sites for hydroxylation is 1. The number of anilines is 1. The minimum absolute atomic E-state index is 0.316. The molecule has 1 N–H and O–H groups in total. The highest BCUT2D eigenvalue weighted by Crippen LogP contribution is 2.33. The Hall–Kier alpha value is -2.70. The van der Waals surface area contributed by atoms with Crippen molar-refractivity contribution >= 4 is 11.7 Å². The number of carbonyl (C=O) groups is 1. The molecule has 0 fully saturated rings. The molecule has 0 radical (unpaired) electrons. The molecule has 1 unspecified atom stereocenters. The number of ether oxygens (including phenoxy) is 3. The molecule has 1 aliphatic heterocycles. The van der Waals surface area contributed by atoms with Crippen molar-refractivity contribution in [3.63, 3.8) is 0 Å². The van der Waals surface area contributed by atoms with Crippen LogP contribution in [0, 0.1) is 6.92 Å². The van der Waals surface area contributed by atoms with Crippen LogP contribution in [-0.4, -0.2) is 30.4 Å². The van der Waals surface area contributed by atoms with E-state index in [1.807, 2.05) is 0 Å². The molecule has 0 bridgehead atoms. The molecular formula is C15H16N2O5. The van der Waals surface area contributed by atoms with Gasteiger partial charge in [-0.1, -0.05) is 5.16 Å². The summed E-state index contributed by atoms with van der Waals surface area (Å²) in [5, 5.41) is 6.32. The van der Waals surface area contributed by atoms with E-state index in [0.29, 0.717) is 42.0 Å². The van der Waals surface area contributed by atoms with Gasteiger partial charge in [-0.25, -0.2) is 0 Å². The maximum absolute atomic E-state index is 12.0. The molecule has 0 spiro atoms. The van der Waals surface area contributed by atoms with E-state index in [1.54, 1.807) is 38.1 Å². The van der Waals surface area contributed by atoms with Crippen molar-refractivity contribution < 1.29 is 23.5 Å². The quantitative estimate of drug-likeness (QED) is 0.932. The number of fused-ring (bicyclic) bond motifs is 1. The Morgan fingerprint density at radius 3 is 2.77 bits per heavy atom. The van der Waals surface area contributed by atoms with E-state index in [4.69, 9.17) is 18.7 Å². The Morgan fingerprint density at radius 1 is 1.27 bits per heavy atom. The van der Waals surface area contributed by atoms with Gasteiger partial charge in [0.15, 0.2) is 23.4 Å². The van der Waals surface area contributed by atoms with E-state index < -0.39 is 6.10 Å². The molecule has 7 heteroatoms. The Morgan fingerprint density at radius 2 is 2.05 bits per heavy atom. The third-order valence-electron chi connectivity index (χ3n) is 3.07. The maximum atomic E-state index is 12.0. The van der Waals surface area contributed by atoms with E-state index in [1.165, 1.54) is 0 Å². The van der Waals surface area contributed by atoms with E-state index >= 15 is 0 Å². The molecule has 0 saturated heterocycles. The van der Waals surface area contributed by atoms with Gasteiger partial charge in [0, 0.05) is 12.1 Å². The number of hydrogen-bond donors (Lipinski definition) is 1. The van der Waals surface area contributed by atoms with Gasteiger partial charge >= 0.3 is 0 Å². The number of rotatable bonds is 4. The summed E-state index contributed by atoms with van der Waals surface area (Å²) in [6.07, 6.45) is -0.695. The molecule has 1 aromatic carbocycles. The van der Waals surface area contributed by atoms with Gasteiger partial charge in [0.1, 0.15) is 24.7 Å². The van der Waals surface area contributed by atoms with Crippen LogP contribution in [0.3, 0.4) is 0 Å². The van der Waals surface area contributed by atoms with Crippen molar-refractivity contribution in [1.29, 1.82) is 0 Å². The third kappa shape index (κ3) is 3.13. The fourth-order valence-corrected chi connectivity index (χ4v) is 2.01. The van der Waals surface area contributed by atoms with Crippen LogP contribution in [0.4, 0.5) is 5.82 Å². The van der Waals surface area contributed by atoms with Crippen molar-refractivity contribution in [2.24, 2.45) is 0 Å². The number of nitrogens with one attached hydrogen (secondary N) is 1. The van der Waals surface area contributed by atoms with Crippen molar-refractivity contribution in [1.82, 2.24) is 5.16 Å². The highest BCUT2D eigenvalue weighted by Gasteiger charge is 2.18. The summed E-state index contributed by atoms with van der Waals surface area (Å²) in [7, 11) is 0. The molecule has 116 valence electrons. The Bertz CT molecular complexity index is 682. The number of hydrogen-bond acceptors (Lipinski definition) is 6. The number of aromatic nitrogens is 1. The molecule has 1 aliphatic rings. The van der Waals surface area contributed by atoms with Crippen LogP contribution in [0.5, 0.6) is 17.2 Å². The summed E-state index contributed by atoms with van der Waals surface area (Å²) in [4.78, 5) is 12.0. The number of amides is 1. The van der Waals surface area contributed by atoms with Crippen LogP contribution in [0.25, 0.3) is 0 Å². The molecular weight excluding hydrogens is 288 g/mol. The Labute approximate surface area is 127 Å². The second-order valence-corrected chi connectivity index (χ2v) is 4.88. The molecule has 1 amide bonds. The van der Waals surface area contributed by atoms with Crippen LogP contribution < -0.4 is 19.5 Å². The summed E-state index contributed by atoms with van der Waals surface area (Å²) in [5.74, 6) is 2.49. The monoisotopic (exact) mass is 304 g/mol. The van der Waals surface area contributed by atoms with Gasteiger partial charge in [-0.05, 0) is 26.0 Å². The maximum Gasteiger partial charge on any atom is 0.266 e. The van der Waals surface area contributed by atoms with Crippen LogP contribution in [0.2, 0.25) is 0 Å². The molecule has 0 aliphatic carbocycles. The van der Waals surface area contributed by atoms with Gasteiger partial charge in [-0.2, -0.15) is 0 Å². The van der Waals surface area contributed by atoms with Crippen molar-refractivity contribution in [2.75, 3.05) is 18.5 Å². The van der Waals surface area contributed by atoms with Gasteiger partial charge in [0.05, 0.1) is 0 Å². The van der Waals surface area contributed by atoms with E-state index in [0.717, 1.165) is 0 Å². The lowest BCUT2D eigenvalue weighted by molar-refractivity contribution is -0.122. The van der Waals surface area contributed by atoms with Crippen molar-refractivity contribution in [3.05, 3.63) is 30.0 Å². The Kier molecular flexibility index (Phi) is 3.86. The Balaban J connectivity index is 1.63. The normalized spacial score (nSPS) is 14.3. The highest BCUT2D eigenvalue weighted by atomic mass is 16.6. The first kappa shape index (κ1) is 14.2. The van der Waals surface area contributed by atoms with Gasteiger partial charge in [0.25, 0.3) is 5.91 Å². The van der Waals surface area contributed by atoms with Crippen molar-refractivity contribution in [2.45, 2.75) is 20.0 Å². The van der Waals surface area contributed by atoms with Gasteiger partial charge in [-0.3, -0.25) is 4.79 Å². The minimum Gasteiger partial charge on any atom is -0.486 e. The lowest BCUT2D eigenvalue weighted by Crippen LogP contribution is -2.30. The summed E-state index contributed by atoms with van der Waals surface area (Å²) < 4.78 is 21.4. The third-order valence-corrected chi connectivity index (χ3v) is 3.07. The molecule has 2 aromatic rings. The van der Waals surface area contributed by atoms with Gasteiger partial charge < -0.3 is 24.1 Å². The summed E-state index contributed by atoms with van der Waals surface area (Å²) in [5.41, 5.74) is 0. The minimum atomic E-state index is -0.695. The molecule has 1 aromatic heterocycles. The summed E-state index contributed by atoms with van der Waals surface area (Å²) in [6.45, 7) is 4.43. The van der Waals surface area contributed by atoms with Crippen LogP contribution in [0.15, 0.2) is 28.8 Å². The summed E-state index contributed by atoms with van der Waals surface area (Å²) >= 11 is 0. The first-order valence-corrected chi connectivity index (χ1v) is 6.92. The van der Waals surface area contributed by atoms with E-state index in [-0.39, 0.29) is 5.91 Å². The molecule has 22 heavy (non-hydrogen) atoms. The fourth-order valence-electron chi connectivity index (χ4n) is 2.01. The second kappa shape index (κ2) is 5.97. The fraction of sp³-hybridized carbons (Fsp3) is 0.333. The van der Waals surface area contributed by atoms with Crippen molar-refractivity contribution in [3.8, 4) is 17.2 Å². The highest BCUT2D eigenvalue weighted by molar-refractivity contribution is 5.93. The average molecular weight is 304 g/mol. The SMILES string of the molecule is Cc1cc(NC(=O)C(C)Oc2ccc3c(c2)OCCO3)no1. The standard InChI is InChI=1S/C15H16N2O5/c1-9-7-14(17-22-9)16-15(18)10(2)21-11-3-4-12-13(8-11)20-6-5-19-12/h3-4,7-8,10H,5-6H2,1-2H3,(H,16,17,18). The summed E-state index contributed by atoms with van der Waals surface area (Å²) in [6, 6.07) is 6.83. The average Bonchev–Trinajstić information content (AvgIpc) is 2.92. The van der Waals surface area contributed by atoms with Crippen LogP contribution >= 0.6 is 0 Å². The molecule has 3 rings (SSSR count). The van der Waals surface area contributed by atoms with E-state index in [2.05, 4.69) is 10.5 Å². The number of nitrogens with zero attached hydrogens (tertiary/aromatic N) is 1. The van der Waals surface area contributed by atoms with Gasteiger partial charge in [-0.15, -0.1) is 0 Å². The first-order valence-electron chi connectivity index (χ1n) is 6.92. The second-order valence-electron chi connectivity index (χ2n) is 4.88. The zero-order valence-electron chi connectivity index (χ0n) is 12.3. The number of benzene rings is 1. The smallest absolute Gasteiger partial charge is 0.266 e. The first-order chi connectivity index (χ1) is 10.6. The molecule has 0 saturated carbocycles. The molecule has 7 nitrogen and oxygen atoms in total. The van der Waals surface area contributed by atoms with Crippen LogP contribution in [-0.2, 0) is 4.79 Å².